The van der Waals surface area contributed by atoms with Gasteiger partial charge in [0.2, 0.25) is 5.91 Å². The summed E-state index contributed by atoms with van der Waals surface area (Å²) >= 11 is 0. The maximum absolute atomic E-state index is 12.1. The summed E-state index contributed by atoms with van der Waals surface area (Å²) in [6, 6.07) is 0. The highest BCUT2D eigenvalue weighted by molar-refractivity contribution is 5.85. The second kappa shape index (κ2) is 6.77. The lowest BCUT2D eigenvalue weighted by atomic mass is 9.71. The highest BCUT2D eigenvalue weighted by Gasteiger charge is 2.41. The first kappa shape index (κ1) is 16.3. The van der Waals surface area contributed by atoms with E-state index in [9.17, 15) is 19.8 Å². The van der Waals surface area contributed by atoms with Crippen LogP contribution in [0.25, 0.3) is 0 Å². The van der Waals surface area contributed by atoms with Gasteiger partial charge in [0.25, 0.3) is 0 Å². The normalized spacial score (nSPS) is 24.2. The number of carboxylic acid groups (broad SMARTS) is 1. The average molecular weight is 297 g/mol. The molecule has 0 unspecified atom stereocenters. The van der Waals surface area contributed by atoms with Crippen LogP contribution in [0, 0.1) is 5.41 Å². The van der Waals surface area contributed by atoms with E-state index in [-0.39, 0.29) is 18.9 Å². The highest BCUT2D eigenvalue weighted by atomic mass is 16.4. The molecule has 1 amide bonds. The lowest BCUT2D eigenvalue weighted by molar-refractivity contribution is -0.154. The summed E-state index contributed by atoms with van der Waals surface area (Å²) < 4.78 is 0. The Labute approximate surface area is 126 Å². The summed E-state index contributed by atoms with van der Waals surface area (Å²) in [6.07, 6.45) is 8.58. The molecule has 0 saturated heterocycles. The Hall–Kier alpha value is -1.10. The average Bonchev–Trinajstić information content (AvgIpc) is 2.47. The van der Waals surface area contributed by atoms with Crippen molar-refractivity contribution in [3.8, 4) is 0 Å². The standard InChI is InChI=1S/C16H27NO4/c18-13(17-12-16(21)9-5-2-6-10-16)11-15(14(19)20)7-3-1-4-8-15/h21H,1-12H2,(H,17,18)(H,19,20). The van der Waals surface area contributed by atoms with Gasteiger partial charge in [-0.15, -0.1) is 0 Å². The minimum atomic E-state index is -0.891. The SMILES string of the molecule is O=C(CC1(C(=O)O)CCCCC1)NCC1(O)CCCCC1. The van der Waals surface area contributed by atoms with Crippen LogP contribution in [0.3, 0.4) is 0 Å². The summed E-state index contributed by atoms with van der Waals surface area (Å²) in [4.78, 5) is 23.7. The Balaban J connectivity index is 1.86. The van der Waals surface area contributed by atoms with Crippen molar-refractivity contribution in [3.63, 3.8) is 0 Å². The van der Waals surface area contributed by atoms with Crippen LogP contribution in [0.4, 0.5) is 0 Å². The Morgan fingerprint density at radius 2 is 1.43 bits per heavy atom. The van der Waals surface area contributed by atoms with Gasteiger partial charge in [0.15, 0.2) is 0 Å². The lowest BCUT2D eigenvalue weighted by Gasteiger charge is -2.34. The van der Waals surface area contributed by atoms with E-state index in [1.807, 2.05) is 0 Å². The van der Waals surface area contributed by atoms with Crippen molar-refractivity contribution in [1.29, 1.82) is 0 Å². The molecule has 2 saturated carbocycles. The number of hydrogen-bond donors (Lipinski definition) is 3. The van der Waals surface area contributed by atoms with Crippen LogP contribution in [-0.4, -0.2) is 34.2 Å². The number of hydrogen-bond acceptors (Lipinski definition) is 3. The van der Waals surface area contributed by atoms with Gasteiger partial charge < -0.3 is 15.5 Å². The third-order valence-corrected chi connectivity index (χ3v) is 5.16. The Kier molecular flexibility index (Phi) is 5.25. The van der Waals surface area contributed by atoms with Crippen LogP contribution in [0.1, 0.15) is 70.6 Å². The van der Waals surface area contributed by atoms with Crippen molar-refractivity contribution in [2.24, 2.45) is 5.41 Å². The number of aliphatic hydroxyl groups is 1. The molecule has 0 radical (unpaired) electrons. The number of carboxylic acids is 1. The summed E-state index contributed by atoms with van der Waals surface area (Å²) in [5, 5.41) is 22.6. The number of amides is 1. The molecule has 0 aromatic rings. The molecule has 5 heteroatoms. The van der Waals surface area contributed by atoms with Gasteiger partial charge in [-0.1, -0.05) is 38.5 Å². The molecule has 5 nitrogen and oxygen atoms in total. The second-order valence-electron chi connectivity index (χ2n) is 6.88. The third kappa shape index (κ3) is 4.19. The van der Waals surface area contributed by atoms with Crippen molar-refractivity contribution in [2.45, 2.75) is 76.2 Å². The fourth-order valence-corrected chi connectivity index (χ4v) is 3.71. The molecular weight excluding hydrogens is 270 g/mol. The van der Waals surface area contributed by atoms with E-state index >= 15 is 0 Å². The van der Waals surface area contributed by atoms with Crippen molar-refractivity contribution in [1.82, 2.24) is 5.32 Å². The molecule has 0 heterocycles. The van der Waals surface area contributed by atoms with Crippen LogP contribution < -0.4 is 5.32 Å². The van der Waals surface area contributed by atoms with Crippen LogP contribution in [-0.2, 0) is 9.59 Å². The molecule has 2 rings (SSSR count). The first-order valence-corrected chi connectivity index (χ1v) is 8.18. The summed E-state index contributed by atoms with van der Waals surface area (Å²) in [5.41, 5.74) is -1.69. The molecule has 21 heavy (non-hydrogen) atoms. The molecular formula is C16H27NO4. The number of carbonyl (C=O) groups is 2. The molecule has 0 bridgehead atoms. The zero-order valence-corrected chi connectivity index (χ0v) is 12.7. The molecule has 2 aliphatic rings. The molecule has 0 aromatic carbocycles. The zero-order valence-electron chi connectivity index (χ0n) is 12.7. The largest absolute Gasteiger partial charge is 0.481 e. The third-order valence-electron chi connectivity index (χ3n) is 5.16. The monoisotopic (exact) mass is 297 g/mol. The first-order chi connectivity index (χ1) is 9.96. The van der Waals surface area contributed by atoms with Gasteiger partial charge in [0.1, 0.15) is 0 Å². The smallest absolute Gasteiger partial charge is 0.310 e. The van der Waals surface area contributed by atoms with Crippen molar-refractivity contribution in [3.05, 3.63) is 0 Å². The van der Waals surface area contributed by atoms with Crippen LogP contribution in [0.2, 0.25) is 0 Å². The van der Waals surface area contributed by atoms with Gasteiger partial charge >= 0.3 is 5.97 Å². The summed E-state index contributed by atoms with van der Waals surface area (Å²) in [5.74, 6) is -1.09. The van der Waals surface area contributed by atoms with Crippen molar-refractivity contribution < 1.29 is 19.8 Å². The number of carbonyl (C=O) groups excluding carboxylic acids is 1. The molecule has 2 fully saturated rings. The lowest BCUT2D eigenvalue weighted by Crippen LogP contribution is -2.46. The minimum absolute atomic E-state index is 0.0401. The van der Waals surface area contributed by atoms with E-state index in [0.29, 0.717) is 12.8 Å². The van der Waals surface area contributed by atoms with Gasteiger partial charge in [-0.3, -0.25) is 9.59 Å². The molecule has 0 atom stereocenters. The topological polar surface area (TPSA) is 86.6 Å². The van der Waals surface area contributed by atoms with E-state index in [0.717, 1.165) is 51.4 Å². The van der Waals surface area contributed by atoms with E-state index in [4.69, 9.17) is 0 Å². The zero-order chi connectivity index (χ0) is 15.3. The fourth-order valence-electron chi connectivity index (χ4n) is 3.71. The minimum Gasteiger partial charge on any atom is -0.481 e. The molecule has 120 valence electrons. The number of nitrogens with one attached hydrogen (secondary N) is 1. The summed E-state index contributed by atoms with van der Waals surface area (Å²) in [6.45, 7) is 0.252. The molecule has 0 aliphatic heterocycles. The summed E-state index contributed by atoms with van der Waals surface area (Å²) in [7, 11) is 0. The van der Waals surface area contributed by atoms with E-state index < -0.39 is 17.0 Å². The Morgan fingerprint density at radius 3 is 1.95 bits per heavy atom. The van der Waals surface area contributed by atoms with Gasteiger partial charge in [-0.25, -0.2) is 0 Å². The van der Waals surface area contributed by atoms with Crippen molar-refractivity contribution >= 4 is 11.9 Å². The fraction of sp³-hybridized carbons (Fsp3) is 0.875. The Bertz CT molecular complexity index is 382. The highest BCUT2D eigenvalue weighted by Crippen LogP contribution is 2.39. The maximum atomic E-state index is 12.1. The molecule has 0 spiro atoms. The van der Waals surface area contributed by atoms with E-state index in [1.165, 1.54) is 0 Å². The molecule has 2 aliphatic carbocycles. The van der Waals surface area contributed by atoms with Gasteiger partial charge in [-0.2, -0.15) is 0 Å². The van der Waals surface area contributed by atoms with Gasteiger partial charge in [0, 0.05) is 13.0 Å². The van der Waals surface area contributed by atoms with Crippen LogP contribution >= 0.6 is 0 Å². The van der Waals surface area contributed by atoms with E-state index in [1.54, 1.807) is 0 Å². The van der Waals surface area contributed by atoms with Crippen LogP contribution in [0.5, 0.6) is 0 Å². The number of aliphatic carboxylic acids is 1. The van der Waals surface area contributed by atoms with Gasteiger partial charge in [0.05, 0.1) is 11.0 Å². The molecule has 3 N–H and O–H groups in total. The van der Waals surface area contributed by atoms with E-state index in [2.05, 4.69) is 5.32 Å². The second-order valence-corrected chi connectivity index (χ2v) is 6.88. The predicted molar refractivity (Wildman–Crippen MR) is 78.8 cm³/mol. The maximum Gasteiger partial charge on any atom is 0.310 e. The van der Waals surface area contributed by atoms with Gasteiger partial charge in [-0.05, 0) is 25.7 Å². The molecule has 0 aromatic heterocycles. The van der Waals surface area contributed by atoms with Crippen molar-refractivity contribution in [2.75, 3.05) is 6.54 Å². The quantitative estimate of drug-likeness (QED) is 0.726. The predicted octanol–water partition coefficient (Wildman–Crippen LogP) is 2.22. The van der Waals surface area contributed by atoms with Crippen LogP contribution in [0.15, 0.2) is 0 Å². The first-order valence-electron chi connectivity index (χ1n) is 8.18. The Morgan fingerprint density at radius 1 is 0.905 bits per heavy atom. The number of rotatable bonds is 5.